The van der Waals surface area contributed by atoms with Gasteiger partial charge < -0.3 is 9.47 Å². The molecule has 0 fully saturated rings. The Balaban J connectivity index is 3.71. The van der Waals surface area contributed by atoms with E-state index in [1.807, 2.05) is 0 Å². The van der Waals surface area contributed by atoms with Crippen molar-refractivity contribution in [1.29, 1.82) is 0 Å². The maximum atomic E-state index is 11.9. The zero-order chi connectivity index (χ0) is 10.3. The minimum Gasteiger partial charge on any atom is -0.461 e. The van der Waals surface area contributed by atoms with Gasteiger partial charge in [-0.1, -0.05) is 6.58 Å². The van der Waals surface area contributed by atoms with E-state index in [9.17, 15) is 14.0 Å². The number of rotatable bonds is 3. The Bertz CT molecular complexity index is 245. The monoisotopic (exact) mass is 188 g/mol. The summed E-state index contributed by atoms with van der Waals surface area (Å²) >= 11 is 0. The molecule has 0 saturated carbocycles. The summed E-state index contributed by atoms with van der Waals surface area (Å²) in [6.07, 6.45) is 2.23. The van der Waals surface area contributed by atoms with Crippen LogP contribution >= 0.6 is 0 Å². The van der Waals surface area contributed by atoms with Crippen LogP contribution in [0.25, 0.3) is 0 Å². The largest absolute Gasteiger partial charge is 0.461 e. The third-order valence-corrected chi connectivity index (χ3v) is 0.961. The quantitative estimate of drug-likeness (QED) is 0.372. The lowest BCUT2D eigenvalue weighted by Gasteiger charge is -1.97. The molecule has 0 amide bonds. The molecule has 72 valence electrons. The maximum absolute atomic E-state index is 11.9. The second-order valence-corrected chi connectivity index (χ2v) is 1.94. The first-order chi connectivity index (χ1) is 6.07. The second kappa shape index (κ2) is 5.93. The first kappa shape index (κ1) is 11.4. The van der Waals surface area contributed by atoms with Gasteiger partial charge in [0, 0.05) is 0 Å². The number of ether oxygens (including phenoxy) is 2. The van der Waals surface area contributed by atoms with Crippen molar-refractivity contribution < 1.29 is 23.5 Å². The first-order valence-corrected chi connectivity index (χ1v) is 3.34. The lowest BCUT2D eigenvalue weighted by atomic mass is 10.5. The van der Waals surface area contributed by atoms with E-state index in [1.165, 1.54) is 6.08 Å². The predicted octanol–water partition coefficient (Wildman–Crippen LogP) is 0.742. The fraction of sp³-hybridized carbons (Fsp3) is 0.250. The summed E-state index contributed by atoms with van der Waals surface area (Å²) < 4.78 is 20.3. The van der Waals surface area contributed by atoms with Gasteiger partial charge in [-0.15, -0.1) is 0 Å². The fourth-order valence-corrected chi connectivity index (χ4v) is 0.442. The third kappa shape index (κ3) is 5.60. The number of allylic oxidation sites excluding steroid dienone is 2. The molecule has 0 heterocycles. The summed E-state index contributed by atoms with van der Waals surface area (Å²) in [6, 6.07) is 0. The van der Waals surface area contributed by atoms with E-state index < -0.39 is 17.8 Å². The number of carbonyl (C=O) groups is 2. The molecule has 0 unspecified atom stereocenters. The smallest absolute Gasteiger partial charge is 0.417 e. The van der Waals surface area contributed by atoms with E-state index in [4.69, 9.17) is 0 Å². The van der Waals surface area contributed by atoms with Crippen molar-refractivity contribution in [2.24, 2.45) is 0 Å². The number of hydrogen-bond donors (Lipinski definition) is 0. The third-order valence-electron chi connectivity index (χ3n) is 0.961. The van der Waals surface area contributed by atoms with Crippen molar-refractivity contribution in [3.05, 3.63) is 24.6 Å². The first-order valence-electron chi connectivity index (χ1n) is 3.34. The van der Waals surface area contributed by atoms with E-state index in [0.29, 0.717) is 0 Å². The van der Waals surface area contributed by atoms with Crippen LogP contribution in [0.15, 0.2) is 24.6 Å². The molecular formula is C8H9FO4. The van der Waals surface area contributed by atoms with Gasteiger partial charge in [0.15, 0.2) is 0 Å². The summed E-state index contributed by atoms with van der Waals surface area (Å²) in [6.45, 7) is 2.74. The molecule has 0 aliphatic heterocycles. The van der Waals surface area contributed by atoms with Crippen LogP contribution in [0.4, 0.5) is 4.39 Å². The van der Waals surface area contributed by atoms with Crippen molar-refractivity contribution in [3.63, 3.8) is 0 Å². The number of esters is 2. The molecular weight excluding hydrogens is 179 g/mol. The van der Waals surface area contributed by atoms with Crippen LogP contribution in [0, 0.1) is 0 Å². The van der Waals surface area contributed by atoms with E-state index in [-0.39, 0.29) is 6.61 Å². The normalized spacial score (nSPS) is 9.69. The highest BCUT2D eigenvalue weighted by atomic mass is 19.1. The van der Waals surface area contributed by atoms with Gasteiger partial charge in [-0.05, 0) is 12.2 Å². The Labute approximate surface area is 74.6 Å². The highest BCUT2D eigenvalue weighted by Crippen LogP contribution is 1.92. The topological polar surface area (TPSA) is 52.6 Å². The zero-order valence-corrected chi connectivity index (χ0v) is 7.08. The number of methoxy groups -OCH3 is 1. The van der Waals surface area contributed by atoms with Crippen LogP contribution in [-0.2, 0) is 19.1 Å². The SMILES string of the molecule is C=C(F)C=CCOC(=O)C(=O)OC. The van der Waals surface area contributed by atoms with Crippen molar-refractivity contribution in [2.75, 3.05) is 13.7 Å². The molecule has 0 N–H and O–H groups in total. The van der Waals surface area contributed by atoms with Gasteiger partial charge >= 0.3 is 11.9 Å². The molecule has 0 aromatic rings. The Kier molecular flexibility index (Phi) is 5.18. The average Bonchev–Trinajstić information content (AvgIpc) is 2.10. The van der Waals surface area contributed by atoms with Crippen LogP contribution in [0.2, 0.25) is 0 Å². The zero-order valence-electron chi connectivity index (χ0n) is 7.08. The van der Waals surface area contributed by atoms with Gasteiger partial charge in [0.05, 0.1) is 7.11 Å². The number of carbonyl (C=O) groups excluding carboxylic acids is 2. The Morgan fingerprint density at radius 3 is 2.54 bits per heavy atom. The minimum absolute atomic E-state index is 0.198. The Morgan fingerprint density at radius 2 is 2.08 bits per heavy atom. The molecule has 0 atom stereocenters. The molecule has 13 heavy (non-hydrogen) atoms. The lowest BCUT2D eigenvalue weighted by Crippen LogP contribution is -2.18. The average molecular weight is 188 g/mol. The van der Waals surface area contributed by atoms with Gasteiger partial charge in [-0.2, -0.15) is 0 Å². The minimum atomic E-state index is -1.11. The molecule has 0 aromatic carbocycles. The van der Waals surface area contributed by atoms with Gasteiger partial charge in [0.2, 0.25) is 0 Å². The summed E-state index contributed by atoms with van der Waals surface area (Å²) in [5.74, 6) is -2.86. The van der Waals surface area contributed by atoms with Crippen LogP contribution in [0.5, 0.6) is 0 Å². The maximum Gasteiger partial charge on any atom is 0.417 e. The van der Waals surface area contributed by atoms with Crippen LogP contribution in [0.3, 0.4) is 0 Å². The lowest BCUT2D eigenvalue weighted by molar-refractivity contribution is -0.165. The molecule has 0 aliphatic carbocycles. The molecule has 0 bridgehead atoms. The van der Waals surface area contributed by atoms with E-state index >= 15 is 0 Å². The number of hydrogen-bond acceptors (Lipinski definition) is 4. The van der Waals surface area contributed by atoms with Crippen molar-refractivity contribution >= 4 is 11.9 Å². The molecule has 0 spiro atoms. The van der Waals surface area contributed by atoms with Crippen molar-refractivity contribution in [3.8, 4) is 0 Å². The highest BCUT2D eigenvalue weighted by molar-refractivity contribution is 6.29. The summed E-state index contributed by atoms with van der Waals surface area (Å²) in [5.41, 5.74) is 0. The standard InChI is InChI=1S/C8H9FO4/c1-6(9)4-3-5-13-8(11)7(10)12-2/h3-4H,1,5H2,2H3. The fourth-order valence-electron chi connectivity index (χ4n) is 0.442. The van der Waals surface area contributed by atoms with Crippen LogP contribution in [-0.4, -0.2) is 25.7 Å². The molecule has 0 radical (unpaired) electrons. The summed E-state index contributed by atoms with van der Waals surface area (Å²) in [7, 11) is 1.06. The van der Waals surface area contributed by atoms with Crippen LogP contribution in [0.1, 0.15) is 0 Å². The molecule has 0 aliphatic rings. The Hall–Kier alpha value is -1.65. The van der Waals surface area contributed by atoms with Gasteiger partial charge in [-0.3, -0.25) is 0 Å². The van der Waals surface area contributed by atoms with E-state index in [0.717, 1.165) is 13.2 Å². The summed E-state index contributed by atoms with van der Waals surface area (Å²) in [4.78, 5) is 21.0. The van der Waals surface area contributed by atoms with Crippen molar-refractivity contribution in [1.82, 2.24) is 0 Å². The second-order valence-electron chi connectivity index (χ2n) is 1.94. The van der Waals surface area contributed by atoms with Gasteiger partial charge in [0.1, 0.15) is 12.4 Å². The van der Waals surface area contributed by atoms with E-state index in [1.54, 1.807) is 0 Å². The van der Waals surface area contributed by atoms with Gasteiger partial charge in [-0.25, -0.2) is 14.0 Å². The number of halogens is 1. The molecule has 0 aromatic heterocycles. The van der Waals surface area contributed by atoms with Crippen LogP contribution < -0.4 is 0 Å². The molecule has 4 nitrogen and oxygen atoms in total. The molecule has 5 heteroatoms. The van der Waals surface area contributed by atoms with Gasteiger partial charge in [0.25, 0.3) is 0 Å². The Morgan fingerprint density at radius 1 is 1.46 bits per heavy atom. The highest BCUT2D eigenvalue weighted by Gasteiger charge is 2.13. The molecule has 0 rings (SSSR count). The predicted molar refractivity (Wildman–Crippen MR) is 42.4 cm³/mol. The van der Waals surface area contributed by atoms with Crippen molar-refractivity contribution in [2.45, 2.75) is 0 Å². The summed E-state index contributed by atoms with van der Waals surface area (Å²) in [5, 5.41) is 0. The van der Waals surface area contributed by atoms with E-state index in [2.05, 4.69) is 16.1 Å². The molecule has 0 saturated heterocycles.